The topological polar surface area (TPSA) is 37.3 Å². The van der Waals surface area contributed by atoms with E-state index in [0.29, 0.717) is 4.91 Å². The van der Waals surface area contributed by atoms with E-state index in [1.54, 1.807) is 13.0 Å². The third kappa shape index (κ3) is 3.43. The summed E-state index contributed by atoms with van der Waals surface area (Å²) in [4.78, 5) is 0.623. The molecule has 0 aliphatic rings. The van der Waals surface area contributed by atoms with Crippen LogP contribution in [0, 0.1) is 0 Å². The van der Waals surface area contributed by atoms with E-state index in [0.717, 1.165) is 12.8 Å². The van der Waals surface area contributed by atoms with Crippen molar-refractivity contribution >= 4 is 11.1 Å². The Kier molecular flexibility index (Phi) is 4.62. The van der Waals surface area contributed by atoms with Gasteiger partial charge in [-0.3, -0.25) is 0 Å². The maximum Gasteiger partial charge on any atom is 0.181 e. The minimum atomic E-state index is -1.74. The summed E-state index contributed by atoms with van der Waals surface area (Å²) in [6.07, 6.45) is 3.34. The molecule has 0 heterocycles. The fourth-order valence-corrected chi connectivity index (χ4v) is 1.16. The van der Waals surface area contributed by atoms with Gasteiger partial charge in [0.25, 0.3) is 0 Å². The molecule has 0 spiro atoms. The molecule has 0 saturated heterocycles. The molecule has 0 radical (unpaired) electrons. The molecule has 9 heavy (non-hydrogen) atoms. The molecule has 2 nitrogen and oxygen atoms in total. The first kappa shape index (κ1) is 8.85. The second kappa shape index (κ2) is 4.70. The Labute approximate surface area is 58.3 Å². The normalized spacial score (nSPS) is 15.7. The van der Waals surface area contributed by atoms with Gasteiger partial charge in [0.15, 0.2) is 11.1 Å². The van der Waals surface area contributed by atoms with Gasteiger partial charge in [0.1, 0.15) is 0 Å². The van der Waals surface area contributed by atoms with Crippen LogP contribution in [-0.4, -0.2) is 8.76 Å². The SMILES string of the molecule is CC=C(CCC)S(=O)O. The molecule has 1 unspecified atom stereocenters. The van der Waals surface area contributed by atoms with E-state index in [1.807, 2.05) is 6.92 Å². The van der Waals surface area contributed by atoms with Gasteiger partial charge in [0.05, 0.1) is 0 Å². The van der Waals surface area contributed by atoms with Crippen LogP contribution in [-0.2, 0) is 11.1 Å². The molecule has 0 rings (SSSR count). The van der Waals surface area contributed by atoms with Crippen LogP contribution in [0.4, 0.5) is 0 Å². The van der Waals surface area contributed by atoms with Gasteiger partial charge >= 0.3 is 0 Å². The lowest BCUT2D eigenvalue weighted by Gasteiger charge is -1.96. The Morgan fingerprint density at radius 2 is 2.33 bits per heavy atom. The highest BCUT2D eigenvalue weighted by Gasteiger charge is 1.99. The Morgan fingerprint density at radius 1 is 1.78 bits per heavy atom. The third-order valence-corrected chi connectivity index (χ3v) is 1.93. The minimum Gasteiger partial charge on any atom is -0.302 e. The van der Waals surface area contributed by atoms with E-state index < -0.39 is 11.1 Å². The number of rotatable bonds is 3. The van der Waals surface area contributed by atoms with Gasteiger partial charge in [-0.1, -0.05) is 19.4 Å². The van der Waals surface area contributed by atoms with Crippen molar-refractivity contribution in [2.75, 3.05) is 0 Å². The van der Waals surface area contributed by atoms with Crippen molar-refractivity contribution in [2.45, 2.75) is 26.7 Å². The molecule has 3 heteroatoms. The lowest BCUT2D eigenvalue weighted by atomic mass is 10.3. The monoisotopic (exact) mass is 148 g/mol. The Bertz CT molecular complexity index is 129. The molecule has 0 amide bonds. The summed E-state index contributed by atoms with van der Waals surface area (Å²) in [5, 5.41) is 0. The van der Waals surface area contributed by atoms with Crippen molar-refractivity contribution in [1.29, 1.82) is 0 Å². The van der Waals surface area contributed by atoms with Crippen molar-refractivity contribution in [1.82, 2.24) is 0 Å². The molecule has 0 fully saturated rings. The molecule has 0 bridgehead atoms. The van der Waals surface area contributed by atoms with Crippen LogP contribution in [0.15, 0.2) is 11.0 Å². The largest absolute Gasteiger partial charge is 0.302 e. The van der Waals surface area contributed by atoms with Gasteiger partial charge in [-0.15, -0.1) is 0 Å². The fraction of sp³-hybridized carbons (Fsp3) is 0.667. The van der Waals surface area contributed by atoms with Crippen molar-refractivity contribution in [2.24, 2.45) is 0 Å². The quantitative estimate of drug-likeness (QED) is 0.621. The van der Waals surface area contributed by atoms with E-state index in [-0.39, 0.29) is 0 Å². The van der Waals surface area contributed by atoms with E-state index in [1.165, 1.54) is 0 Å². The molecule has 0 aromatic carbocycles. The van der Waals surface area contributed by atoms with Crippen LogP contribution in [0.1, 0.15) is 26.7 Å². The lowest BCUT2D eigenvalue weighted by molar-refractivity contribution is 0.568. The molecular weight excluding hydrogens is 136 g/mol. The zero-order chi connectivity index (χ0) is 7.28. The molecule has 0 aromatic rings. The smallest absolute Gasteiger partial charge is 0.181 e. The first-order valence-corrected chi connectivity index (χ1v) is 4.09. The number of hydrogen-bond acceptors (Lipinski definition) is 1. The average Bonchev–Trinajstić information content (AvgIpc) is 1.82. The first-order valence-electron chi connectivity index (χ1n) is 2.98. The Morgan fingerprint density at radius 3 is 2.44 bits per heavy atom. The average molecular weight is 148 g/mol. The van der Waals surface area contributed by atoms with Crippen molar-refractivity contribution in [3.8, 4) is 0 Å². The maximum atomic E-state index is 10.4. The van der Waals surface area contributed by atoms with Crippen molar-refractivity contribution in [3.63, 3.8) is 0 Å². The molecule has 54 valence electrons. The number of hydrogen-bond donors (Lipinski definition) is 1. The lowest BCUT2D eigenvalue weighted by Crippen LogP contribution is -1.90. The van der Waals surface area contributed by atoms with E-state index >= 15 is 0 Å². The molecule has 1 N–H and O–H groups in total. The molecule has 0 aliphatic heterocycles. The standard InChI is InChI=1S/C6H12O2S/c1-3-5-6(4-2)9(7)8/h4H,3,5H2,1-2H3,(H,7,8). The second-order valence-corrected chi connectivity index (χ2v) is 2.78. The molecule has 0 saturated carbocycles. The van der Waals surface area contributed by atoms with Gasteiger partial charge in [-0.05, 0) is 13.3 Å². The fourth-order valence-electron chi connectivity index (χ4n) is 0.579. The van der Waals surface area contributed by atoms with Crippen molar-refractivity contribution < 1.29 is 8.76 Å². The van der Waals surface area contributed by atoms with Crippen LogP contribution in [0.3, 0.4) is 0 Å². The molecule has 0 aromatic heterocycles. The summed E-state index contributed by atoms with van der Waals surface area (Å²) in [6, 6.07) is 0. The van der Waals surface area contributed by atoms with Gasteiger partial charge in [-0.25, -0.2) is 4.21 Å². The van der Waals surface area contributed by atoms with Crippen LogP contribution >= 0.6 is 0 Å². The maximum absolute atomic E-state index is 10.4. The van der Waals surface area contributed by atoms with Gasteiger partial charge in [-0.2, -0.15) is 0 Å². The number of allylic oxidation sites excluding steroid dienone is 2. The van der Waals surface area contributed by atoms with E-state index in [4.69, 9.17) is 4.55 Å². The summed E-state index contributed by atoms with van der Waals surface area (Å²) in [5.74, 6) is 0. The highest BCUT2D eigenvalue weighted by molar-refractivity contribution is 7.83. The molecule has 1 atom stereocenters. The van der Waals surface area contributed by atoms with E-state index in [9.17, 15) is 4.21 Å². The summed E-state index contributed by atoms with van der Waals surface area (Å²) in [7, 11) is 0. The van der Waals surface area contributed by atoms with Crippen molar-refractivity contribution in [3.05, 3.63) is 11.0 Å². The third-order valence-electron chi connectivity index (χ3n) is 1.04. The van der Waals surface area contributed by atoms with Gasteiger partial charge in [0, 0.05) is 4.91 Å². The van der Waals surface area contributed by atoms with Crippen LogP contribution in [0.2, 0.25) is 0 Å². The summed E-state index contributed by atoms with van der Waals surface area (Å²) < 4.78 is 18.9. The highest BCUT2D eigenvalue weighted by Crippen LogP contribution is 2.06. The van der Waals surface area contributed by atoms with E-state index in [2.05, 4.69) is 0 Å². The van der Waals surface area contributed by atoms with Gasteiger partial charge in [0.2, 0.25) is 0 Å². The minimum absolute atomic E-state index is 0.623. The highest BCUT2D eigenvalue weighted by atomic mass is 32.2. The zero-order valence-corrected chi connectivity index (χ0v) is 6.57. The predicted molar refractivity (Wildman–Crippen MR) is 39.4 cm³/mol. The molecule has 0 aliphatic carbocycles. The first-order chi connectivity index (χ1) is 4.22. The van der Waals surface area contributed by atoms with Gasteiger partial charge < -0.3 is 4.55 Å². The summed E-state index contributed by atoms with van der Waals surface area (Å²) in [5.41, 5.74) is 0. The summed E-state index contributed by atoms with van der Waals surface area (Å²) in [6.45, 7) is 3.76. The molecular formula is C6H12O2S. The Hall–Kier alpha value is -0.150. The second-order valence-electron chi connectivity index (χ2n) is 1.75. The van der Waals surface area contributed by atoms with Crippen LogP contribution in [0.25, 0.3) is 0 Å². The van der Waals surface area contributed by atoms with Crippen LogP contribution in [0.5, 0.6) is 0 Å². The summed E-state index contributed by atoms with van der Waals surface area (Å²) >= 11 is -1.74. The van der Waals surface area contributed by atoms with Crippen LogP contribution < -0.4 is 0 Å². The Balaban J connectivity index is 3.85. The zero-order valence-electron chi connectivity index (χ0n) is 5.76. The predicted octanol–water partition coefficient (Wildman–Crippen LogP) is 1.91.